The van der Waals surface area contributed by atoms with E-state index < -0.39 is 0 Å². The number of nitrogens with zero attached hydrogens (tertiary/aromatic N) is 6. The largest absolute Gasteiger partial charge is 0.355 e. The first-order valence-electron chi connectivity index (χ1n) is 8.42. The van der Waals surface area contributed by atoms with E-state index in [1.807, 2.05) is 41.3 Å². The summed E-state index contributed by atoms with van der Waals surface area (Å²) in [7, 11) is 1.74. The summed E-state index contributed by atoms with van der Waals surface area (Å²) in [6.07, 6.45) is 3.04. The van der Waals surface area contributed by atoms with E-state index in [9.17, 15) is 4.79 Å². The van der Waals surface area contributed by atoms with Crippen LogP contribution in [0.15, 0.2) is 53.3 Å². The van der Waals surface area contributed by atoms with Crippen LogP contribution in [0.3, 0.4) is 0 Å². The molecule has 1 aliphatic heterocycles. The predicted molar refractivity (Wildman–Crippen MR) is 96.8 cm³/mol. The van der Waals surface area contributed by atoms with Crippen molar-refractivity contribution in [3.8, 4) is 17.4 Å². The van der Waals surface area contributed by atoms with Crippen LogP contribution >= 0.6 is 0 Å². The molecule has 4 rings (SSSR count). The number of rotatable bonds is 4. The SMILES string of the molecule is CN(C(=O)c1cc(-c2ccccc2)on1)C1CN(c2nccnc2C#N)C1. The Morgan fingerprint density at radius 1 is 1.26 bits per heavy atom. The monoisotopic (exact) mass is 360 g/mol. The Kier molecular flexibility index (Phi) is 4.26. The molecule has 3 heterocycles. The van der Waals surface area contributed by atoms with Crippen molar-refractivity contribution in [1.29, 1.82) is 5.26 Å². The minimum absolute atomic E-state index is 0.00271. The van der Waals surface area contributed by atoms with Crippen molar-refractivity contribution < 1.29 is 9.32 Å². The molecule has 0 spiro atoms. The first-order chi connectivity index (χ1) is 13.2. The standard InChI is InChI=1S/C19H16N6O2/c1-24(14-11-25(12-14)18-16(10-20)21-7-8-22-18)19(26)15-9-17(27-23-15)13-5-3-2-4-6-13/h2-9,14H,11-12H2,1H3. The maximum Gasteiger partial charge on any atom is 0.276 e. The lowest BCUT2D eigenvalue weighted by atomic mass is 10.1. The highest BCUT2D eigenvalue weighted by molar-refractivity contribution is 5.93. The zero-order chi connectivity index (χ0) is 18.8. The number of aromatic nitrogens is 3. The summed E-state index contributed by atoms with van der Waals surface area (Å²) >= 11 is 0. The van der Waals surface area contributed by atoms with Gasteiger partial charge in [0.1, 0.15) is 6.07 Å². The Morgan fingerprint density at radius 2 is 2.00 bits per heavy atom. The Bertz CT molecular complexity index is 1000. The first kappa shape index (κ1) is 16.7. The minimum atomic E-state index is -0.203. The maximum absolute atomic E-state index is 12.7. The van der Waals surface area contributed by atoms with Gasteiger partial charge in [-0.05, 0) is 0 Å². The van der Waals surface area contributed by atoms with Gasteiger partial charge in [0.25, 0.3) is 5.91 Å². The van der Waals surface area contributed by atoms with Gasteiger partial charge in [0.05, 0.1) is 6.04 Å². The summed E-state index contributed by atoms with van der Waals surface area (Å²) in [5, 5.41) is 13.0. The van der Waals surface area contributed by atoms with Crippen molar-refractivity contribution in [2.45, 2.75) is 6.04 Å². The third-order valence-electron chi connectivity index (χ3n) is 4.60. The molecule has 0 bridgehead atoms. The Hall–Kier alpha value is -3.73. The van der Waals surface area contributed by atoms with Crippen LogP contribution in [0.1, 0.15) is 16.2 Å². The topological polar surface area (TPSA) is 99.2 Å². The molecule has 0 radical (unpaired) electrons. The van der Waals surface area contributed by atoms with Crippen molar-refractivity contribution in [2.75, 3.05) is 25.0 Å². The average Bonchev–Trinajstić information content (AvgIpc) is 3.17. The van der Waals surface area contributed by atoms with Gasteiger partial charge in [-0.15, -0.1) is 0 Å². The summed E-state index contributed by atoms with van der Waals surface area (Å²) in [4.78, 5) is 24.5. The van der Waals surface area contributed by atoms with Crippen molar-refractivity contribution in [3.63, 3.8) is 0 Å². The van der Waals surface area contributed by atoms with Gasteiger partial charge in [-0.2, -0.15) is 5.26 Å². The number of hydrogen-bond acceptors (Lipinski definition) is 7. The number of hydrogen-bond donors (Lipinski definition) is 0. The van der Waals surface area contributed by atoms with Crippen molar-refractivity contribution >= 4 is 11.7 Å². The molecule has 134 valence electrons. The molecular weight excluding hydrogens is 344 g/mol. The Morgan fingerprint density at radius 3 is 2.74 bits per heavy atom. The van der Waals surface area contributed by atoms with Gasteiger partial charge in [-0.3, -0.25) is 4.79 Å². The van der Waals surface area contributed by atoms with Gasteiger partial charge in [-0.25, -0.2) is 9.97 Å². The minimum Gasteiger partial charge on any atom is -0.355 e. The molecule has 8 heteroatoms. The van der Waals surface area contributed by atoms with Gasteiger partial charge >= 0.3 is 0 Å². The number of likely N-dealkylation sites (N-methyl/N-ethyl adjacent to an activating group) is 1. The fourth-order valence-electron chi connectivity index (χ4n) is 2.98. The van der Waals surface area contributed by atoms with Crippen molar-refractivity contribution in [1.82, 2.24) is 20.0 Å². The summed E-state index contributed by atoms with van der Waals surface area (Å²) in [5.74, 6) is 0.899. The van der Waals surface area contributed by atoms with Gasteiger partial charge in [0, 0.05) is 44.2 Å². The van der Waals surface area contributed by atoms with Gasteiger partial charge in [0.2, 0.25) is 0 Å². The molecule has 8 nitrogen and oxygen atoms in total. The van der Waals surface area contributed by atoms with E-state index in [0.29, 0.717) is 24.7 Å². The van der Waals surface area contributed by atoms with Crippen molar-refractivity contribution in [3.05, 3.63) is 60.2 Å². The first-order valence-corrected chi connectivity index (χ1v) is 8.42. The van der Waals surface area contributed by atoms with E-state index in [0.717, 1.165) is 5.56 Å². The van der Waals surface area contributed by atoms with Crippen LogP contribution in [-0.4, -0.2) is 52.1 Å². The van der Waals surface area contributed by atoms with Gasteiger partial charge < -0.3 is 14.3 Å². The molecule has 0 aliphatic carbocycles. The summed E-state index contributed by atoms with van der Waals surface area (Å²) in [6.45, 7) is 1.16. The van der Waals surface area contributed by atoms with E-state index >= 15 is 0 Å². The quantitative estimate of drug-likeness (QED) is 0.701. The van der Waals surface area contributed by atoms with Crippen LogP contribution in [0.4, 0.5) is 5.82 Å². The fraction of sp³-hybridized carbons (Fsp3) is 0.211. The number of carbonyl (C=O) groups excluding carboxylic acids is 1. The second-order valence-electron chi connectivity index (χ2n) is 6.26. The van der Waals surface area contributed by atoms with E-state index in [1.54, 1.807) is 24.2 Å². The lowest BCUT2D eigenvalue weighted by Crippen LogP contribution is -2.60. The lowest BCUT2D eigenvalue weighted by Gasteiger charge is -2.44. The normalized spacial score (nSPS) is 13.7. The van der Waals surface area contributed by atoms with Crippen LogP contribution < -0.4 is 4.90 Å². The Balaban J connectivity index is 1.43. The van der Waals surface area contributed by atoms with E-state index in [4.69, 9.17) is 9.78 Å². The second-order valence-corrected chi connectivity index (χ2v) is 6.26. The highest BCUT2D eigenvalue weighted by Crippen LogP contribution is 2.25. The molecule has 0 N–H and O–H groups in total. The number of anilines is 1. The smallest absolute Gasteiger partial charge is 0.276 e. The average molecular weight is 360 g/mol. The third-order valence-corrected chi connectivity index (χ3v) is 4.60. The van der Waals surface area contributed by atoms with Gasteiger partial charge in [0.15, 0.2) is 23.0 Å². The van der Waals surface area contributed by atoms with Crippen LogP contribution in [-0.2, 0) is 0 Å². The molecule has 1 aliphatic rings. The predicted octanol–water partition coefficient (Wildman–Crippen LogP) is 1.96. The summed E-state index contributed by atoms with van der Waals surface area (Å²) in [6, 6.07) is 13.2. The number of benzene rings is 1. The highest BCUT2D eigenvalue weighted by atomic mass is 16.5. The third kappa shape index (κ3) is 3.11. The molecule has 3 aromatic rings. The highest BCUT2D eigenvalue weighted by Gasteiger charge is 2.35. The molecule has 1 amide bonds. The van der Waals surface area contributed by atoms with E-state index in [-0.39, 0.29) is 23.3 Å². The van der Waals surface area contributed by atoms with Crippen LogP contribution in [0, 0.1) is 11.3 Å². The number of carbonyl (C=O) groups is 1. The van der Waals surface area contributed by atoms with Crippen LogP contribution in [0.25, 0.3) is 11.3 Å². The van der Waals surface area contributed by atoms with Crippen LogP contribution in [0.2, 0.25) is 0 Å². The molecule has 0 atom stereocenters. The Labute approximate surface area is 155 Å². The number of nitriles is 1. The summed E-state index contributed by atoms with van der Waals surface area (Å²) in [5.41, 5.74) is 1.43. The molecule has 2 aromatic heterocycles. The van der Waals surface area contributed by atoms with Crippen LogP contribution in [0.5, 0.6) is 0 Å². The zero-order valence-electron chi connectivity index (χ0n) is 14.6. The molecule has 1 aromatic carbocycles. The lowest BCUT2D eigenvalue weighted by molar-refractivity contribution is 0.0694. The maximum atomic E-state index is 12.7. The second kappa shape index (κ2) is 6.88. The molecule has 0 saturated carbocycles. The van der Waals surface area contributed by atoms with Crippen molar-refractivity contribution in [2.24, 2.45) is 0 Å². The molecule has 1 fully saturated rings. The molecular formula is C19H16N6O2. The van der Waals surface area contributed by atoms with E-state index in [1.165, 1.54) is 6.20 Å². The molecule has 0 unspecified atom stereocenters. The van der Waals surface area contributed by atoms with E-state index in [2.05, 4.69) is 15.1 Å². The fourth-order valence-corrected chi connectivity index (χ4v) is 2.98. The number of amides is 1. The summed E-state index contributed by atoms with van der Waals surface area (Å²) < 4.78 is 5.31. The van der Waals surface area contributed by atoms with Gasteiger partial charge in [-0.1, -0.05) is 35.5 Å². The molecule has 1 saturated heterocycles. The zero-order valence-corrected chi connectivity index (χ0v) is 14.6. The molecule has 27 heavy (non-hydrogen) atoms.